The third-order valence-electron chi connectivity index (χ3n) is 4.25. The summed E-state index contributed by atoms with van der Waals surface area (Å²) in [4.78, 5) is 12.7. The number of benzene rings is 2. The zero-order chi connectivity index (χ0) is 18.9. The van der Waals surface area contributed by atoms with Gasteiger partial charge in [0, 0.05) is 17.9 Å². The van der Waals surface area contributed by atoms with E-state index in [-0.39, 0.29) is 27.3 Å². The fourth-order valence-corrected chi connectivity index (χ4v) is 4.88. The molecule has 0 spiro atoms. The van der Waals surface area contributed by atoms with Crippen LogP contribution in [0.4, 0.5) is 0 Å². The van der Waals surface area contributed by atoms with Gasteiger partial charge in [-0.25, -0.2) is 13.7 Å². The van der Waals surface area contributed by atoms with Gasteiger partial charge in [0.05, 0.1) is 16.5 Å². The summed E-state index contributed by atoms with van der Waals surface area (Å²) in [7, 11) is -1.93. The Labute approximate surface area is 163 Å². The largest absolute Gasteiger partial charge is 0.505 e. The maximum absolute atomic E-state index is 12.9. The number of carbonyl (C=O) groups excluding carboxylic acids is 1. The van der Waals surface area contributed by atoms with Gasteiger partial charge in [0.25, 0.3) is 0 Å². The number of ether oxygens (including phenoxy) is 1. The van der Waals surface area contributed by atoms with Crippen molar-refractivity contribution in [2.75, 3.05) is 6.61 Å². The molecule has 0 saturated heterocycles. The number of aromatic hydroxyl groups is 1. The van der Waals surface area contributed by atoms with E-state index >= 15 is 0 Å². The van der Waals surface area contributed by atoms with Gasteiger partial charge in [0.2, 0.25) is 0 Å². The highest BCUT2D eigenvalue weighted by Gasteiger charge is 2.46. The maximum Gasteiger partial charge on any atom is 0.327 e. The molecule has 1 aliphatic rings. The van der Waals surface area contributed by atoms with Gasteiger partial charge in [-0.15, -0.1) is 0 Å². The lowest BCUT2D eigenvalue weighted by molar-refractivity contribution is -0.150. The normalized spacial score (nSPS) is 16.1. The molecule has 1 unspecified atom stereocenters. The topological polar surface area (TPSA) is 75.6 Å². The number of hydrogen-bond donors (Lipinski definition) is 2. The Morgan fingerprint density at radius 3 is 2.46 bits per heavy atom. The third-order valence-corrected chi connectivity index (χ3v) is 6.04. The lowest BCUT2D eigenvalue weighted by atomic mass is 9.97. The number of phenols is 1. The summed E-state index contributed by atoms with van der Waals surface area (Å²) in [6, 6.07) is 10.3. The molecular formula is C18H17Cl2NO4S. The van der Waals surface area contributed by atoms with Gasteiger partial charge in [-0.1, -0.05) is 47.5 Å². The second-order valence-electron chi connectivity index (χ2n) is 6.03. The van der Waals surface area contributed by atoms with Crippen molar-refractivity contribution < 1.29 is 18.8 Å². The van der Waals surface area contributed by atoms with Gasteiger partial charge in [-0.05, 0) is 30.2 Å². The molecular weight excluding hydrogens is 397 g/mol. The van der Waals surface area contributed by atoms with Crippen molar-refractivity contribution in [1.29, 1.82) is 0 Å². The average Bonchev–Trinajstić information content (AvgIpc) is 2.97. The summed E-state index contributed by atoms with van der Waals surface area (Å²) < 4.78 is 21.0. The molecule has 0 saturated carbocycles. The predicted molar refractivity (Wildman–Crippen MR) is 101 cm³/mol. The fraction of sp³-hybridized carbons (Fsp3) is 0.278. The summed E-state index contributed by atoms with van der Waals surface area (Å²) in [6.45, 7) is 1.92. The van der Waals surface area contributed by atoms with Crippen LogP contribution >= 0.6 is 23.2 Å². The SMILES string of the molecule is CCOC(=O)C1(NS(=O)c2cc(Cl)cc(Cl)c2O)Cc2ccccc2C1. The highest BCUT2D eigenvalue weighted by Crippen LogP contribution is 2.36. The van der Waals surface area contributed by atoms with Crippen LogP contribution in [0.25, 0.3) is 0 Å². The summed E-state index contributed by atoms with van der Waals surface area (Å²) in [5.41, 5.74) is 0.781. The van der Waals surface area contributed by atoms with Gasteiger partial charge in [-0.2, -0.15) is 0 Å². The van der Waals surface area contributed by atoms with Crippen LogP contribution in [0.5, 0.6) is 5.75 Å². The Morgan fingerprint density at radius 2 is 1.88 bits per heavy atom. The molecule has 8 heteroatoms. The first-order valence-corrected chi connectivity index (χ1v) is 9.88. The van der Waals surface area contributed by atoms with E-state index in [0.29, 0.717) is 12.8 Å². The van der Waals surface area contributed by atoms with Gasteiger partial charge >= 0.3 is 5.97 Å². The van der Waals surface area contributed by atoms with E-state index in [2.05, 4.69) is 4.72 Å². The minimum absolute atomic E-state index is 0.0115. The molecule has 0 bridgehead atoms. The second-order valence-corrected chi connectivity index (χ2v) is 8.06. The lowest BCUT2D eigenvalue weighted by Gasteiger charge is -2.27. The first-order chi connectivity index (χ1) is 12.4. The van der Waals surface area contributed by atoms with Crippen molar-refractivity contribution in [2.24, 2.45) is 0 Å². The number of esters is 1. The summed E-state index contributed by atoms with van der Waals surface area (Å²) in [5.74, 6) is -0.825. The molecule has 0 aromatic heterocycles. The molecule has 0 radical (unpaired) electrons. The van der Waals surface area contributed by atoms with Crippen molar-refractivity contribution >= 4 is 40.2 Å². The number of phenolic OH excluding ortho intramolecular Hbond substituents is 1. The highest BCUT2D eigenvalue weighted by molar-refractivity contribution is 7.83. The van der Waals surface area contributed by atoms with E-state index in [1.54, 1.807) is 6.92 Å². The fourth-order valence-electron chi connectivity index (χ4n) is 3.06. The third kappa shape index (κ3) is 3.60. The summed E-state index contributed by atoms with van der Waals surface area (Å²) in [5, 5.41) is 10.3. The molecule has 26 heavy (non-hydrogen) atoms. The van der Waals surface area contributed by atoms with Crippen LogP contribution in [0, 0.1) is 0 Å². The maximum atomic E-state index is 12.9. The lowest BCUT2D eigenvalue weighted by Crippen LogP contribution is -2.54. The minimum Gasteiger partial charge on any atom is -0.505 e. The van der Waals surface area contributed by atoms with E-state index in [0.717, 1.165) is 11.1 Å². The first kappa shape index (κ1) is 19.2. The Morgan fingerprint density at radius 1 is 1.27 bits per heavy atom. The number of halogens is 2. The molecule has 0 aliphatic heterocycles. The zero-order valence-electron chi connectivity index (χ0n) is 13.9. The Hall–Kier alpha value is -1.60. The zero-order valence-corrected chi connectivity index (χ0v) is 16.2. The molecule has 5 nitrogen and oxygen atoms in total. The van der Waals surface area contributed by atoms with Gasteiger partial charge in [0.1, 0.15) is 16.5 Å². The summed E-state index contributed by atoms with van der Waals surface area (Å²) >= 11 is 11.9. The van der Waals surface area contributed by atoms with Crippen molar-refractivity contribution in [2.45, 2.75) is 30.2 Å². The highest BCUT2D eigenvalue weighted by atomic mass is 35.5. The van der Waals surface area contributed by atoms with Crippen LogP contribution in [-0.4, -0.2) is 27.4 Å². The standard InChI is InChI=1S/C18H17Cl2NO4S/c1-2-25-17(23)18(9-11-5-3-4-6-12(11)10-18)21-26(24)15-8-13(19)7-14(20)16(15)22/h3-8,21-22H,2,9-10H2,1H3. The average molecular weight is 414 g/mol. The quantitative estimate of drug-likeness (QED) is 0.736. The molecule has 2 N–H and O–H groups in total. The Bertz CT molecular complexity index is 862. The van der Waals surface area contributed by atoms with Crippen molar-refractivity contribution in [1.82, 2.24) is 4.72 Å². The van der Waals surface area contributed by atoms with E-state index in [1.165, 1.54) is 12.1 Å². The number of carbonyl (C=O) groups is 1. The van der Waals surface area contributed by atoms with Crippen molar-refractivity contribution in [3.8, 4) is 5.75 Å². The summed E-state index contributed by atoms with van der Waals surface area (Å²) in [6.07, 6.45) is 0.672. The molecule has 3 rings (SSSR count). The molecule has 0 fully saturated rings. The van der Waals surface area contributed by atoms with Gasteiger partial charge in [-0.3, -0.25) is 0 Å². The molecule has 1 aliphatic carbocycles. The molecule has 0 heterocycles. The number of hydrogen-bond acceptors (Lipinski definition) is 4. The van der Waals surface area contributed by atoms with E-state index in [4.69, 9.17) is 27.9 Å². The Balaban J connectivity index is 1.95. The second kappa shape index (κ2) is 7.56. The van der Waals surface area contributed by atoms with Crippen LogP contribution in [-0.2, 0) is 33.4 Å². The van der Waals surface area contributed by atoms with Crippen LogP contribution in [0.15, 0.2) is 41.3 Å². The van der Waals surface area contributed by atoms with Crippen LogP contribution < -0.4 is 4.72 Å². The van der Waals surface area contributed by atoms with E-state index in [1.807, 2.05) is 24.3 Å². The predicted octanol–water partition coefficient (Wildman–Crippen LogP) is 3.41. The van der Waals surface area contributed by atoms with Crippen LogP contribution in [0.1, 0.15) is 18.1 Å². The molecule has 2 aromatic carbocycles. The number of rotatable bonds is 5. The molecule has 138 valence electrons. The minimum atomic E-state index is -1.93. The molecule has 1 atom stereocenters. The van der Waals surface area contributed by atoms with Crippen LogP contribution in [0.2, 0.25) is 10.0 Å². The van der Waals surface area contributed by atoms with E-state index in [9.17, 15) is 14.1 Å². The Kier molecular flexibility index (Phi) is 5.58. The van der Waals surface area contributed by atoms with Gasteiger partial charge < -0.3 is 9.84 Å². The smallest absolute Gasteiger partial charge is 0.327 e. The van der Waals surface area contributed by atoms with Crippen molar-refractivity contribution in [3.05, 3.63) is 57.6 Å². The van der Waals surface area contributed by atoms with E-state index < -0.39 is 22.5 Å². The van der Waals surface area contributed by atoms with Gasteiger partial charge in [0.15, 0.2) is 5.75 Å². The van der Waals surface area contributed by atoms with Crippen LogP contribution in [0.3, 0.4) is 0 Å². The first-order valence-electron chi connectivity index (χ1n) is 7.98. The number of fused-ring (bicyclic) bond motifs is 1. The van der Waals surface area contributed by atoms with Crippen molar-refractivity contribution in [3.63, 3.8) is 0 Å². The molecule has 2 aromatic rings. The monoisotopic (exact) mass is 413 g/mol. The molecule has 0 amide bonds. The number of nitrogens with one attached hydrogen (secondary N) is 1.